The second-order valence-electron chi connectivity index (χ2n) is 8.17. The molecule has 0 fully saturated rings. The van der Waals surface area contributed by atoms with Gasteiger partial charge in [0.05, 0.1) is 16.9 Å². The van der Waals surface area contributed by atoms with Crippen molar-refractivity contribution >= 4 is 51.3 Å². The summed E-state index contributed by atoms with van der Waals surface area (Å²) in [5, 5.41) is 9.90. The lowest BCUT2D eigenvalue weighted by molar-refractivity contribution is 0.0937. The van der Waals surface area contributed by atoms with Crippen LogP contribution in [0.1, 0.15) is 39.4 Å². The molecule has 0 spiro atoms. The molecule has 0 atom stereocenters. The fourth-order valence-corrected chi connectivity index (χ4v) is 3.76. The van der Waals surface area contributed by atoms with Crippen LogP contribution in [0.15, 0.2) is 48.7 Å². The van der Waals surface area contributed by atoms with Crippen LogP contribution < -0.4 is 21.7 Å². The van der Waals surface area contributed by atoms with Crippen LogP contribution in [0.2, 0.25) is 5.02 Å². The van der Waals surface area contributed by atoms with Crippen LogP contribution >= 0.6 is 22.9 Å². The number of halogens is 1. The topological polar surface area (TPSA) is 109 Å². The van der Waals surface area contributed by atoms with Crippen LogP contribution in [0.3, 0.4) is 0 Å². The normalized spacial score (nSPS) is 11.2. The van der Waals surface area contributed by atoms with Gasteiger partial charge in [0.2, 0.25) is 0 Å². The number of thiazole rings is 1. The first-order chi connectivity index (χ1) is 15.2. The van der Waals surface area contributed by atoms with Gasteiger partial charge in [0, 0.05) is 17.8 Å². The zero-order chi connectivity index (χ0) is 23.3. The fourth-order valence-electron chi connectivity index (χ4n) is 2.76. The maximum absolute atomic E-state index is 12.6. The molecule has 0 unspecified atom stereocenters. The molecule has 2 aromatic carbocycles. The lowest BCUT2D eigenvalue weighted by atomic mass is 9.94. The van der Waals surface area contributed by atoms with E-state index >= 15 is 0 Å². The summed E-state index contributed by atoms with van der Waals surface area (Å²) in [4.78, 5) is 29.8. The van der Waals surface area contributed by atoms with Gasteiger partial charge in [-0.1, -0.05) is 55.0 Å². The molecule has 168 valence electrons. The van der Waals surface area contributed by atoms with Crippen molar-refractivity contribution in [2.75, 3.05) is 23.7 Å². The fraction of sp³-hybridized carbons (Fsp3) is 0.261. The Morgan fingerprint density at radius 2 is 1.91 bits per heavy atom. The monoisotopic (exact) mass is 471 g/mol. The second kappa shape index (κ2) is 10.1. The first-order valence-electron chi connectivity index (χ1n) is 10.1. The number of hydrogen-bond acceptors (Lipinski definition) is 6. The summed E-state index contributed by atoms with van der Waals surface area (Å²) in [6.07, 6.45) is 1.50. The number of carbonyl (C=O) groups excluding carboxylic acids is 2. The molecule has 32 heavy (non-hydrogen) atoms. The maximum Gasteiger partial charge on any atom is 0.267 e. The minimum Gasteiger partial charge on any atom is -0.351 e. The first-order valence-corrected chi connectivity index (χ1v) is 11.3. The highest BCUT2D eigenvalue weighted by molar-refractivity contribution is 7.17. The van der Waals surface area contributed by atoms with Crippen LogP contribution in [0.25, 0.3) is 0 Å². The number of carbonyl (C=O) groups is 2. The number of aryl methyl sites for hydroxylation is 1. The lowest BCUT2D eigenvalue weighted by Gasteiger charge is -2.22. The summed E-state index contributed by atoms with van der Waals surface area (Å²) in [6.45, 7) is 6.82. The predicted molar refractivity (Wildman–Crippen MR) is 131 cm³/mol. The van der Waals surface area contributed by atoms with Crippen molar-refractivity contribution in [3.05, 3.63) is 69.7 Å². The summed E-state index contributed by atoms with van der Waals surface area (Å²) < 4.78 is 0. The van der Waals surface area contributed by atoms with E-state index in [0.717, 1.165) is 5.56 Å². The van der Waals surface area contributed by atoms with Crippen molar-refractivity contribution in [2.45, 2.75) is 20.8 Å². The number of aromatic nitrogens is 1. The molecular formula is C23H26ClN5O2S. The van der Waals surface area contributed by atoms with Gasteiger partial charge < -0.3 is 21.7 Å². The highest BCUT2D eigenvalue weighted by Gasteiger charge is 2.18. The quantitative estimate of drug-likeness (QED) is 0.376. The minimum atomic E-state index is -0.289. The van der Waals surface area contributed by atoms with E-state index in [9.17, 15) is 9.59 Å². The Balaban J connectivity index is 1.66. The minimum absolute atomic E-state index is 0.175. The van der Waals surface area contributed by atoms with Crippen molar-refractivity contribution in [2.24, 2.45) is 11.1 Å². The summed E-state index contributed by atoms with van der Waals surface area (Å²) in [5.74, 6) is -0.466. The Kier molecular flexibility index (Phi) is 7.50. The lowest BCUT2D eigenvalue weighted by Crippen LogP contribution is -2.38. The van der Waals surface area contributed by atoms with Gasteiger partial charge in [-0.15, -0.1) is 0 Å². The smallest absolute Gasteiger partial charge is 0.267 e. The number of anilines is 3. The first kappa shape index (κ1) is 23.7. The molecule has 0 aliphatic rings. The SMILES string of the molecule is Cc1cccc(Cl)c1NC(=O)c1cnc(Nc2cccc(C(=O)NCC(C)(C)CN)c2)s1. The Morgan fingerprint density at radius 3 is 2.62 bits per heavy atom. The van der Waals surface area contributed by atoms with E-state index in [4.69, 9.17) is 17.3 Å². The molecule has 9 heteroatoms. The highest BCUT2D eigenvalue weighted by Crippen LogP contribution is 2.28. The van der Waals surface area contributed by atoms with Crippen LogP contribution in [-0.4, -0.2) is 29.9 Å². The van der Waals surface area contributed by atoms with E-state index in [1.54, 1.807) is 24.3 Å². The molecule has 0 radical (unpaired) electrons. The van der Waals surface area contributed by atoms with Crippen LogP contribution in [0, 0.1) is 12.3 Å². The average molecular weight is 472 g/mol. The Labute approximate surface area is 196 Å². The number of rotatable bonds is 8. The van der Waals surface area contributed by atoms with Gasteiger partial charge >= 0.3 is 0 Å². The van der Waals surface area contributed by atoms with Gasteiger partial charge in [0.1, 0.15) is 4.88 Å². The molecule has 0 aliphatic carbocycles. The molecule has 0 saturated carbocycles. The van der Waals surface area contributed by atoms with E-state index in [2.05, 4.69) is 20.9 Å². The average Bonchev–Trinajstić information content (AvgIpc) is 3.23. The molecular weight excluding hydrogens is 446 g/mol. The third-order valence-electron chi connectivity index (χ3n) is 4.85. The standard InChI is InChI=1S/C23H26ClN5O2S/c1-14-6-4-9-17(24)19(14)29-21(31)18-11-26-22(32-18)28-16-8-5-7-15(10-16)20(30)27-13-23(2,3)12-25/h4-11H,12-13,25H2,1-3H3,(H,26,28)(H,27,30)(H,29,31). The molecule has 5 N–H and O–H groups in total. The highest BCUT2D eigenvalue weighted by atomic mass is 35.5. The number of amides is 2. The van der Waals surface area contributed by atoms with Crippen LogP contribution in [0.5, 0.6) is 0 Å². The number of para-hydroxylation sites is 1. The number of hydrogen-bond donors (Lipinski definition) is 4. The Hall–Kier alpha value is -2.94. The largest absolute Gasteiger partial charge is 0.351 e. The summed E-state index contributed by atoms with van der Waals surface area (Å²) >= 11 is 7.40. The predicted octanol–water partition coefficient (Wildman–Crippen LogP) is 4.82. The van der Waals surface area contributed by atoms with Gasteiger partial charge in [-0.3, -0.25) is 9.59 Å². The zero-order valence-electron chi connectivity index (χ0n) is 18.2. The van der Waals surface area contributed by atoms with E-state index < -0.39 is 0 Å². The van der Waals surface area contributed by atoms with E-state index in [0.29, 0.717) is 45.1 Å². The molecule has 3 aromatic rings. The van der Waals surface area contributed by atoms with E-state index in [-0.39, 0.29) is 17.2 Å². The number of nitrogens with two attached hydrogens (primary N) is 1. The molecule has 1 heterocycles. The van der Waals surface area contributed by atoms with Crippen molar-refractivity contribution in [1.29, 1.82) is 0 Å². The third kappa shape index (κ3) is 6.06. The number of benzene rings is 2. The van der Waals surface area contributed by atoms with Crippen LogP contribution in [-0.2, 0) is 0 Å². The summed E-state index contributed by atoms with van der Waals surface area (Å²) in [5.41, 5.74) is 8.21. The van der Waals surface area contributed by atoms with E-state index in [1.807, 2.05) is 39.0 Å². The molecule has 3 rings (SSSR count). The molecule has 0 saturated heterocycles. The molecule has 1 aromatic heterocycles. The molecule has 0 aliphatic heterocycles. The van der Waals surface area contributed by atoms with Gasteiger partial charge in [-0.25, -0.2) is 4.98 Å². The Bertz CT molecular complexity index is 1110. The molecule has 2 amide bonds. The van der Waals surface area contributed by atoms with Crippen molar-refractivity contribution < 1.29 is 9.59 Å². The number of nitrogens with zero attached hydrogens (tertiary/aromatic N) is 1. The summed E-state index contributed by atoms with van der Waals surface area (Å²) in [6, 6.07) is 12.5. The summed E-state index contributed by atoms with van der Waals surface area (Å²) in [7, 11) is 0. The Morgan fingerprint density at radius 1 is 1.16 bits per heavy atom. The zero-order valence-corrected chi connectivity index (χ0v) is 19.7. The van der Waals surface area contributed by atoms with Gasteiger partial charge in [-0.2, -0.15) is 0 Å². The van der Waals surface area contributed by atoms with Gasteiger partial charge in [0.15, 0.2) is 5.13 Å². The van der Waals surface area contributed by atoms with Crippen molar-refractivity contribution in [1.82, 2.24) is 10.3 Å². The molecule has 0 bridgehead atoms. The van der Waals surface area contributed by atoms with Gasteiger partial charge in [-0.05, 0) is 48.7 Å². The van der Waals surface area contributed by atoms with Crippen molar-refractivity contribution in [3.8, 4) is 0 Å². The third-order valence-corrected chi connectivity index (χ3v) is 6.07. The number of nitrogens with one attached hydrogen (secondary N) is 3. The maximum atomic E-state index is 12.6. The van der Waals surface area contributed by atoms with Gasteiger partial charge in [0.25, 0.3) is 11.8 Å². The van der Waals surface area contributed by atoms with Crippen molar-refractivity contribution in [3.63, 3.8) is 0 Å². The van der Waals surface area contributed by atoms with E-state index in [1.165, 1.54) is 17.5 Å². The second-order valence-corrected chi connectivity index (χ2v) is 9.61. The molecule has 7 nitrogen and oxygen atoms in total. The van der Waals surface area contributed by atoms with Crippen LogP contribution in [0.4, 0.5) is 16.5 Å².